The normalized spacial score (nSPS) is 11.0. The molecule has 0 atom stereocenters. The minimum Gasteiger partial charge on any atom is -0.380 e. The summed E-state index contributed by atoms with van der Waals surface area (Å²) in [7, 11) is -3.49. The molecule has 0 saturated heterocycles. The van der Waals surface area contributed by atoms with E-state index in [0.717, 1.165) is 10.6 Å². The van der Waals surface area contributed by atoms with Gasteiger partial charge in [0, 0.05) is 22.5 Å². The third-order valence-electron chi connectivity index (χ3n) is 2.57. The van der Waals surface area contributed by atoms with E-state index in [9.17, 15) is 8.42 Å². The molecule has 0 amide bonds. The van der Waals surface area contributed by atoms with Gasteiger partial charge in [0.2, 0.25) is 10.0 Å². The second-order valence-corrected chi connectivity index (χ2v) is 6.88. The van der Waals surface area contributed by atoms with Crippen LogP contribution in [0.15, 0.2) is 35.7 Å². The maximum atomic E-state index is 11.0. The maximum absolute atomic E-state index is 11.0. The number of anilines is 1. The van der Waals surface area contributed by atoms with E-state index in [-0.39, 0.29) is 5.75 Å². The second-order valence-electron chi connectivity index (χ2n) is 4.27. The van der Waals surface area contributed by atoms with Crippen LogP contribution in [0.5, 0.6) is 0 Å². The van der Waals surface area contributed by atoms with E-state index in [2.05, 4.69) is 11.4 Å². The predicted molar refractivity (Wildman–Crippen MR) is 79.6 cm³/mol. The lowest BCUT2D eigenvalue weighted by atomic mass is 10.2. The summed E-state index contributed by atoms with van der Waals surface area (Å²) in [6.45, 7) is 0.626. The molecule has 1 heterocycles. The largest absolute Gasteiger partial charge is 0.380 e. The lowest BCUT2D eigenvalue weighted by molar-refractivity contribution is 0.597. The highest BCUT2D eigenvalue weighted by molar-refractivity contribution is 7.88. The van der Waals surface area contributed by atoms with E-state index in [1.165, 1.54) is 11.3 Å². The summed E-state index contributed by atoms with van der Waals surface area (Å²) in [5.41, 5.74) is 2.20. The van der Waals surface area contributed by atoms with Crippen molar-refractivity contribution in [2.45, 2.75) is 12.3 Å². The van der Waals surface area contributed by atoms with Gasteiger partial charge in [0.1, 0.15) is 6.07 Å². The Morgan fingerprint density at radius 3 is 2.55 bits per heavy atom. The van der Waals surface area contributed by atoms with Crippen LogP contribution in [0, 0.1) is 11.3 Å². The summed E-state index contributed by atoms with van der Waals surface area (Å²) in [6, 6.07) is 11.0. The van der Waals surface area contributed by atoms with Crippen LogP contribution >= 0.6 is 11.3 Å². The summed E-state index contributed by atoms with van der Waals surface area (Å²) in [5, 5.41) is 18.7. The summed E-state index contributed by atoms with van der Waals surface area (Å²) < 4.78 is 21.9. The van der Waals surface area contributed by atoms with Crippen molar-refractivity contribution in [3.05, 3.63) is 51.7 Å². The number of thiophene rings is 1. The van der Waals surface area contributed by atoms with E-state index in [1.807, 2.05) is 11.4 Å². The Bertz CT molecular complexity index is 728. The SMILES string of the molecule is N#Cc1csc(CNc2ccc(CS(N)(=O)=O)cc2)c1. The van der Waals surface area contributed by atoms with Gasteiger partial charge in [-0.2, -0.15) is 5.26 Å². The second kappa shape index (κ2) is 6.05. The quantitative estimate of drug-likeness (QED) is 0.883. The van der Waals surface area contributed by atoms with Crippen LogP contribution in [0.25, 0.3) is 0 Å². The Morgan fingerprint density at radius 1 is 1.30 bits per heavy atom. The van der Waals surface area contributed by atoms with Crippen molar-refractivity contribution >= 4 is 27.0 Å². The van der Waals surface area contributed by atoms with E-state index < -0.39 is 10.0 Å². The molecule has 1 aromatic heterocycles. The van der Waals surface area contributed by atoms with Gasteiger partial charge in [-0.1, -0.05) is 12.1 Å². The Morgan fingerprint density at radius 2 is 2.00 bits per heavy atom. The zero-order valence-electron chi connectivity index (χ0n) is 10.5. The third kappa shape index (κ3) is 4.35. The molecule has 0 aliphatic carbocycles. The molecule has 7 heteroatoms. The van der Waals surface area contributed by atoms with Gasteiger partial charge in [-0.3, -0.25) is 0 Å². The molecule has 0 unspecified atom stereocenters. The first kappa shape index (κ1) is 14.5. The standard InChI is InChI=1S/C13H13N3O2S2/c14-6-11-5-13(19-8-11)7-16-12-3-1-10(2-4-12)9-20(15,17)18/h1-5,8,16H,7,9H2,(H2,15,17,18). The maximum Gasteiger partial charge on any atom is 0.213 e. The highest BCUT2D eigenvalue weighted by Crippen LogP contribution is 2.17. The number of hydrogen-bond donors (Lipinski definition) is 2. The van der Waals surface area contributed by atoms with E-state index in [0.29, 0.717) is 17.7 Å². The fourth-order valence-corrected chi connectivity index (χ4v) is 3.08. The molecule has 0 aliphatic heterocycles. The average molecular weight is 307 g/mol. The van der Waals surface area contributed by atoms with Gasteiger partial charge >= 0.3 is 0 Å². The topological polar surface area (TPSA) is 96.0 Å². The Hall–Kier alpha value is -1.88. The van der Waals surface area contributed by atoms with Crippen molar-refractivity contribution in [3.8, 4) is 6.07 Å². The van der Waals surface area contributed by atoms with E-state index >= 15 is 0 Å². The van der Waals surface area contributed by atoms with E-state index in [1.54, 1.807) is 24.3 Å². The highest BCUT2D eigenvalue weighted by atomic mass is 32.2. The van der Waals surface area contributed by atoms with Crippen LogP contribution in [0.1, 0.15) is 16.0 Å². The van der Waals surface area contributed by atoms with Gasteiger partial charge < -0.3 is 5.32 Å². The number of sulfonamides is 1. The van der Waals surface area contributed by atoms with Gasteiger partial charge in [0.25, 0.3) is 0 Å². The molecule has 5 nitrogen and oxygen atoms in total. The minimum absolute atomic E-state index is 0.163. The minimum atomic E-state index is -3.49. The zero-order chi connectivity index (χ0) is 14.6. The molecule has 2 aromatic rings. The number of primary sulfonamides is 1. The number of nitrogens with zero attached hydrogens (tertiary/aromatic N) is 1. The fourth-order valence-electron chi connectivity index (χ4n) is 1.67. The van der Waals surface area contributed by atoms with Crippen molar-refractivity contribution in [3.63, 3.8) is 0 Å². The number of nitrogens with one attached hydrogen (secondary N) is 1. The number of hydrogen-bond acceptors (Lipinski definition) is 5. The van der Waals surface area contributed by atoms with Crippen molar-refractivity contribution in [2.24, 2.45) is 5.14 Å². The van der Waals surface area contributed by atoms with Crippen molar-refractivity contribution in [1.82, 2.24) is 0 Å². The first-order valence-electron chi connectivity index (χ1n) is 5.77. The number of nitriles is 1. The molecule has 3 N–H and O–H groups in total. The van der Waals surface area contributed by atoms with Crippen molar-refractivity contribution < 1.29 is 8.42 Å². The summed E-state index contributed by atoms with van der Waals surface area (Å²) in [5.74, 6) is -0.163. The Balaban J connectivity index is 1.95. The first-order chi connectivity index (χ1) is 9.46. The van der Waals surface area contributed by atoms with Crippen LogP contribution in [0.4, 0.5) is 5.69 Å². The first-order valence-corrected chi connectivity index (χ1v) is 8.36. The van der Waals surface area contributed by atoms with Crippen LogP contribution < -0.4 is 10.5 Å². The molecule has 0 spiro atoms. The molecule has 1 aromatic carbocycles. The summed E-state index contributed by atoms with van der Waals surface area (Å²) in [6.07, 6.45) is 0. The smallest absolute Gasteiger partial charge is 0.213 e. The van der Waals surface area contributed by atoms with Gasteiger partial charge in [-0.15, -0.1) is 11.3 Å². The number of rotatable bonds is 5. The molecule has 0 bridgehead atoms. The molecule has 0 saturated carbocycles. The molecule has 0 radical (unpaired) electrons. The van der Waals surface area contributed by atoms with Crippen LogP contribution in [-0.2, 0) is 22.3 Å². The lowest BCUT2D eigenvalue weighted by Crippen LogP contribution is -2.14. The lowest BCUT2D eigenvalue weighted by Gasteiger charge is -2.06. The van der Waals surface area contributed by atoms with Gasteiger partial charge in [-0.05, 0) is 23.8 Å². The van der Waals surface area contributed by atoms with E-state index in [4.69, 9.17) is 10.4 Å². The summed E-state index contributed by atoms with van der Waals surface area (Å²) >= 11 is 1.52. The fraction of sp³-hybridized carbons (Fsp3) is 0.154. The Labute approximate surface area is 121 Å². The molecule has 0 fully saturated rings. The molecular weight excluding hydrogens is 294 g/mol. The monoisotopic (exact) mass is 307 g/mol. The van der Waals surface area contributed by atoms with Crippen molar-refractivity contribution in [2.75, 3.05) is 5.32 Å². The van der Waals surface area contributed by atoms with Gasteiger partial charge in [0.15, 0.2) is 0 Å². The average Bonchev–Trinajstić information content (AvgIpc) is 2.84. The Kier molecular flexibility index (Phi) is 4.39. The van der Waals surface area contributed by atoms with Gasteiger partial charge in [0.05, 0.1) is 11.3 Å². The number of benzene rings is 1. The molecule has 104 valence electrons. The number of nitrogens with two attached hydrogens (primary N) is 1. The molecular formula is C13H13N3O2S2. The molecule has 0 aliphatic rings. The molecule has 2 rings (SSSR count). The third-order valence-corrected chi connectivity index (χ3v) is 4.24. The van der Waals surface area contributed by atoms with Crippen LogP contribution in [0.2, 0.25) is 0 Å². The highest BCUT2D eigenvalue weighted by Gasteiger charge is 2.05. The van der Waals surface area contributed by atoms with Crippen LogP contribution in [-0.4, -0.2) is 8.42 Å². The zero-order valence-corrected chi connectivity index (χ0v) is 12.2. The van der Waals surface area contributed by atoms with Crippen molar-refractivity contribution in [1.29, 1.82) is 5.26 Å². The van der Waals surface area contributed by atoms with Crippen LogP contribution in [0.3, 0.4) is 0 Å². The molecule has 20 heavy (non-hydrogen) atoms. The van der Waals surface area contributed by atoms with Gasteiger partial charge in [-0.25, -0.2) is 13.6 Å². The predicted octanol–water partition coefficient (Wildman–Crippen LogP) is 2.02. The summed E-state index contributed by atoms with van der Waals surface area (Å²) in [4.78, 5) is 1.06.